The molecule has 0 aliphatic rings. The fourth-order valence-electron chi connectivity index (χ4n) is 1.55. The molecule has 1 heterocycles. The number of nitrogens with two attached hydrogens (primary N) is 1. The molecule has 2 aromatic rings. The van der Waals surface area contributed by atoms with E-state index in [1.807, 2.05) is 0 Å². The van der Waals surface area contributed by atoms with E-state index < -0.39 is 11.9 Å². The van der Waals surface area contributed by atoms with Crippen molar-refractivity contribution in [2.24, 2.45) is 5.10 Å². The minimum absolute atomic E-state index is 0.0759. The van der Waals surface area contributed by atoms with Gasteiger partial charge in [0, 0.05) is 0 Å². The molecule has 2 rings (SSSR count). The Morgan fingerprint density at radius 2 is 2.05 bits per heavy atom. The molecule has 0 aliphatic carbocycles. The number of aromatic nitrogens is 1. The van der Waals surface area contributed by atoms with E-state index in [2.05, 4.69) is 15.5 Å². The number of nitrogen functional groups attached to an aromatic ring is 1. The lowest BCUT2D eigenvalue weighted by Gasteiger charge is -2.01. The molecule has 1 amide bonds. The van der Waals surface area contributed by atoms with Crippen molar-refractivity contribution < 1.29 is 14.7 Å². The number of anilines is 1. The molecule has 108 valence electrons. The number of aryl methyl sites for hydroxylation is 1. The van der Waals surface area contributed by atoms with E-state index in [0.29, 0.717) is 21.3 Å². The molecular weight excluding hydrogens is 292 g/mol. The number of nitrogens with one attached hydrogen (secondary N) is 1. The predicted molar refractivity (Wildman–Crippen MR) is 77.1 cm³/mol. The van der Waals surface area contributed by atoms with Crippen LogP contribution in [-0.4, -0.2) is 23.1 Å². The Kier molecular flexibility index (Phi) is 4.29. The lowest BCUT2D eigenvalue weighted by molar-refractivity contribution is -0.255. The zero-order valence-electron chi connectivity index (χ0n) is 11.0. The number of hydrogen-bond donors (Lipinski definition) is 2. The van der Waals surface area contributed by atoms with Crippen LogP contribution >= 0.6 is 11.3 Å². The first-order valence-electron chi connectivity index (χ1n) is 5.85. The third-order valence-electron chi connectivity index (χ3n) is 2.55. The molecule has 0 saturated heterocycles. The molecule has 0 unspecified atom stereocenters. The molecular formula is C13H11N4O3S-. The lowest BCUT2D eigenvalue weighted by Crippen LogP contribution is -2.22. The molecule has 21 heavy (non-hydrogen) atoms. The Balaban J connectivity index is 2.00. The number of aromatic carboxylic acids is 1. The van der Waals surface area contributed by atoms with E-state index in [-0.39, 0.29) is 5.56 Å². The number of benzene rings is 1. The van der Waals surface area contributed by atoms with Crippen molar-refractivity contribution >= 4 is 34.6 Å². The molecule has 0 aliphatic heterocycles. The van der Waals surface area contributed by atoms with Gasteiger partial charge >= 0.3 is 0 Å². The average Bonchev–Trinajstić information content (AvgIpc) is 2.78. The maximum Gasteiger partial charge on any atom is 0.283 e. The fourth-order valence-corrected chi connectivity index (χ4v) is 2.27. The second kappa shape index (κ2) is 6.14. The Bertz CT molecular complexity index is 707. The van der Waals surface area contributed by atoms with Gasteiger partial charge in [0.05, 0.1) is 17.9 Å². The average molecular weight is 303 g/mol. The van der Waals surface area contributed by atoms with Crippen LogP contribution in [0.4, 0.5) is 5.13 Å². The molecule has 1 aromatic heterocycles. The highest BCUT2D eigenvalue weighted by Gasteiger charge is 2.13. The van der Waals surface area contributed by atoms with Crippen LogP contribution in [0.25, 0.3) is 0 Å². The number of rotatable bonds is 4. The molecule has 8 heteroatoms. The summed E-state index contributed by atoms with van der Waals surface area (Å²) >= 11 is 1.08. The highest BCUT2D eigenvalue weighted by molar-refractivity contribution is 7.17. The number of thiazole rings is 1. The summed E-state index contributed by atoms with van der Waals surface area (Å²) in [7, 11) is 0. The van der Waals surface area contributed by atoms with Gasteiger partial charge in [-0.2, -0.15) is 5.10 Å². The van der Waals surface area contributed by atoms with Crippen LogP contribution in [0.3, 0.4) is 0 Å². The zero-order chi connectivity index (χ0) is 15.4. The second-order valence-electron chi connectivity index (χ2n) is 4.08. The van der Waals surface area contributed by atoms with Gasteiger partial charge in [0.15, 0.2) is 5.13 Å². The van der Waals surface area contributed by atoms with Gasteiger partial charge in [-0.15, -0.1) is 0 Å². The Labute approximate surface area is 124 Å². The molecule has 0 fully saturated rings. The van der Waals surface area contributed by atoms with Crippen LogP contribution in [-0.2, 0) is 0 Å². The van der Waals surface area contributed by atoms with Crippen LogP contribution in [0.5, 0.6) is 0 Å². The van der Waals surface area contributed by atoms with Crippen LogP contribution in [0, 0.1) is 6.92 Å². The highest BCUT2D eigenvalue weighted by Crippen LogP contribution is 2.19. The first kappa shape index (κ1) is 14.7. The number of carboxylic acid groups (broad SMARTS) is 1. The molecule has 0 atom stereocenters. The van der Waals surface area contributed by atoms with E-state index in [1.165, 1.54) is 18.3 Å². The number of hydrazone groups is 1. The van der Waals surface area contributed by atoms with Gasteiger partial charge in [0.2, 0.25) is 0 Å². The largest absolute Gasteiger partial charge is 0.545 e. The Morgan fingerprint density at radius 1 is 1.38 bits per heavy atom. The standard InChI is InChI=1S/C13H12N4O3S/c1-7-10(21-13(14)16-7)11(18)17-15-6-8-2-4-9(5-3-8)12(19)20/h2-6H,1H3,(H2,14,16)(H,17,18)(H,19,20)/p-1. The number of nitrogens with zero attached hydrogens (tertiary/aromatic N) is 2. The van der Waals surface area contributed by atoms with Crippen LogP contribution < -0.4 is 16.3 Å². The molecule has 0 radical (unpaired) electrons. The summed E-state index contributed by atoms with van der Waals surface area (Å²) in [6.45, 7) is 1.68. The summed E-state index contributed by atoms with van der Waals surface area (Å²) in [5.41, 5.74) is 9.13. The van der Waals surface area contributed by atoms with Gasteiger partial charge in [0.1, 0.15) is 4.88 Å². The lowest BCUT2D eigenvalue weighted by atomic mass is 10.1. The van der Waals surface area contributed by atoms with E-state index >= 15 is 0 Å². The minimum atomic E-state index is -1.25. The number of amides is 1. The summed E-state index contributed by atoms with van der Waals surface area (Å²) in [6, 6.07) is 5.90. The number of carbonyl (C=O) groups is 2. The maximum absolute atomic E-state index is 11.8. The van der Waals surface area contributed by atoms with Crippen molar-refractivity contribution in [3.8, 4) is 0 Å². The molecule has 1 aromatic carbocycles. The van der Waals surface area contributed by atoms with Crippen molar-refractivity contribution in [2.45, 2.75) is 6.92 Å². The second-order valence-corrected chi connectivity index (χ2v) is 5.11. The van der Waals surface area contributed by atoms with E-state index in [4.69, 9.17) is 5.73 Å². The SMILES string of the molecule is Cc1nc(N)sc1C(=O)NN=Cc1ccc(C(=O)[O-])cc1. The number of carboxylic acids is 1. The van der Waals surface area contributed by atoms with Gasteiger partial charge in [-0.05, 0) is 18.1 Å². The molecule has 7 nitrogen and oxygen atoms in total. The summed E-state index contributed by atoms with van der Waals surface area (Å²) in [6.07, 6.45) is 1.40. The van der Waals surface area contributed by atoms with Crippen LogP contribution in [0.2, 0.25) is 0 Å². The van der Waals surface area contributed by atoms with E-state index in [1.54, 1.807) is 19.1 Å². The highest BCUT2D eigenvalue weighted by atomic mass is 32.1. The summed E-state index contributed by atoms with van der Waals surface area (Å²) in [4.78, 5) is 26.8. The van der Waals surface area contributed by atoms with Gasteiger partial charge < -0.3 is 15.6 Å². The normalized spacial score (nSPS) is 10.7. The smallest absolute Gasteiger partial charge is 0.283 e. The van der Waals surface area contributed by atoms with Crippen molar-refractivity contribution in [3.63, 3.8) is 0 Å². The minimum Gasteiger partial charge on any atom is -0.545 e. The van der Waals surface area contributed by atoms with Crippen LogP contribution in [0.15, 0.2) is 29.4 Å². The quantitative estimate of drug-likeness (QED) is 0.615. The third kappa shape index (κ3) is 3.63. The van der Waals surface area contributed by atoms with E-state index in [0.717, 1.165) is 11.3 Å². The summed E-state index contributed by atoms with van der Waals surface area (Å²) in [5, 5.41) is 14.7. The topological polar surface area (TPSA) is 120 Å². The molecule has 3 N–H and O–H groups in total. The molecule has 0 spiro atoms. The Hall–Kier alpha value is -2.74. The zero-order valence-corrected chi connectivity index (χ0v) is 11.8. The Morgan fingerprint density at radius 3 is 2.57 bits per heavy atom. The fraction of sp³-hybridized carbons (Fsp3) is 0.0769. The first-order chi connectivity index (χ1) is 9.97. The van der Waals surface area contributed by atoms with Gasteiger partial charge in [-0.3, -0.25) is 4.79 Å². The van der Waals surface area contributed by atoms with Gasteiger partial charge in [0.25, 0.3) is 5.91 Å². The first-order valence-corrected chi connectivity index (χ1v) is 6.66. The number of hydrogen-bond acceptors (Lipinski definition) is 7. The maximum atomic E-state index is 11.8. The predicted octanol–water partition coefficient (Wildman–Crippen LogP) is 0.161. The summed E-state index contributed by atoms with van der Waals surface area (Å²) < 4.78 is 0. The van der Waals surface area contributed by atoms with Crippen molar-refractivity contribution in [2.75, 3.05) is 5.73 Å². The summed E-state index contributed by atoms with van der Waals surface area (Å²) in [5.74, 6) is -1.64. The third-order valence-corrected chi connectivity index (χ3v) is 3.53. The van der Waals surface area contributed by atoms with E-state index in [9.17, 15) is 14.7 Å². The van der Waals surface area contributed by atoms with Crippen molar-refractivity contribution in [3.05, 3.63) is 46.0 Å². The monoisotopic (exact) mass is 303 g/mol. The molecule has 0 bridgehead atoms. The van der Waals surface area contributed by atoms with Crippen LogP contribution in [0.1, 0.15) is 31.3 Å². The van der Waals surface area contributed by atoms with Crippen molar-refractivity contribution in [1.82, 2.24) is 10.4 Å². The number of carbonyl (C=O) groups excluding carboxylic acids is 2. The van der Waals surface area contributed by atoms with Gasteiger partial charge in [-0.25, -0.2) is 10.4 Å². The molecule has 0 saturated carbocycles. The van der Waals surface area contributed by atoms with Gasteiger partial charge in [-0.1, -0.05) is 35.6 Å². The van der Waals surface area contributed by atoms with Crippen molar-refractivity contribution in [1.29, 1.82) is 0 Å².